The van der Waals surface area contributed by atoms with Gasteiger partial charge in [-0.3, -0.25) is 4.98 Å². The Morgan fingerprint density at radius 1 is 1.18 bits per heavy atom. The highest BCUT2D eigenvalue weighted by molar-refractivity contribution is 5.75. The lowest BCUT2D eigenvalue weighted by molar-refractivity contribution is 0.276. The van der Waals surface area contributed by atoms with Crippen molar-refractivity contribution in [2.45, 2.75) is 6.61 Å². The number of para-hydroxylation sites is 1. The number of benzene rings is 1. The van der Waals surface area contributed by atoms with Crippen LogP contribution in [-0.2, 0) is 6.61 Å². The molecule has 0 saturated carbocycles. The fourth-order valence-electron chi connectivity index (χ4n) is 1.61. The van der Waals surface area contributed by atoms with Gasteiger partial charge in [0, 0.05) is 0 Å². The van der Waals surface area contributed by atoms with Crippen molar-refractivity contribution in [1.29, 1.82) is 0 Å². The molecule has 0 aliphatic heterocycles. The molecular weight excluding hydrogens is 218 g/mol. The van der Waals surface area contributed by atoms with E-state index in [4.69, 9.17) is 5.11 Å². The third-order valence-corrected chi connectivity index (χ3v) is 2.40. The van der Waals surface area contributed by atoms with Crippen LogP contribution in [0.25, 0.3) is 16.9 Å². The Kier molecular flexibility index (Phi) is 2.27. The van der Waals surface area contributed by atoms with Crippen molar-refractivity contribution < 1.29 is 5.11 Å². The van der Waals surface area contributed by atoms with Crippen molar-refractivity contribution in [1.82, 2.24) is 25.0 Å². The third-order valence-electron chi connectivity index (χ3n) is 2.40. The van der Waals surface area contributed by atoms with Crippen LogP contribution in [-0.4, -0.2) is 30.1 Å². The van der Waals surface area contributed by atoms with E-state index < -0.39 is 0 Å². The normalized spacial score (nSPS) is 10.9. The highest BCUT2D eigenvalue weighted by atomic mass is 16.3. The predicted molar refractivity (Wildman–Crippen MR) is 60.4 cm³/mol. The first-order valence-corrected chi connectivity index (χ1v) is 5.11. The largest absolute Gasteiger partial charge is 0.390 e. The van der Waals surface area contributed by atoms with Gasteiger partial charge in [0.2, 0.25) is 0 Å². The van der Waals surface area contributed by atoms with Crippen molar-refractivity contribution in [2.24, 2.45) is 0 Å². The van der Waals surface area contributed by atoms with Gasteiger partial charge in [-0.25, -0.2) is 4.98 Å². The average molecular weight is 227 g/mol. The van der Waals surface area contributed by atoms with Gasteiger partial charge in [0.25, 0.3) is 0 Å². The van der Waals surface area contributed by atoms with Gasteiger partial charge in [-0.1, -0.05) is 17.3 Å². The molecule has 0 fully saturated rings. The number of aromatic nitrogens is 5. The summed E-state index contributed by atoms with van der Waals surface area (Å²) in [4.78, 5) is 8.24. The maximum atomic E-state index is 9.03. The molecule has 3 aromatic rings. The summed E-state index contributed by atoms with van der Waals surface area (Å²) in [6.07, 6.45) is 3.10. The summed E-state index contributed by atoms with van der Waals surface area (Å²) in [6.45, 7) is -0.145. The minimum atomic E-state index is -0.145. The van der Waals surface area contributed by atoms with Gasteiger partial charge in [0.1, 0.15) is 5.52 Å². The zero-order valence-electron chi connectivity index (χ0n) is 8.85. The van der Waals surface area contributed by atoms with Crippen molar-refractivity contribution >= 4 is 11.0 Å². The summed E-state index contributed by atoms with van der Waals surface area (Å²) in [7, 11) is 0. The van der Waals surface area contributed by atoms with Crippen molar-refractivity contribution in [3.8, 4) is 5.82 Å². The van der Waals surface area contributed by atoms with E-state index in [-0.39, 0.29) is 6.61 Å². The monoisotopic (exact) mass is 227 g/mol. The zero-order valence-corrected chi connectivity index (χ0v) is 8.85. The molecule has 1 aromatic carbocycles. The molecule has 6 heteroatoms. The molecular formula is C11H9N5O. The minimum Gasteiger partial charge on any atom is -0.390 e. The lowest BCUT2D eigenvalue weighted by Crippen LogP contribution is -2.03. The molecule has 0 amide bonds. The van der Waals surface area contributed by atoms with Gasteiger partial charge in [-0.15, -0.1) is 5.10 Å². The summed E-state index contributed by atoms with van der Waals surface area (Å²) >= 11 is 0. The molecule has 17 heavy (non-hydrogen) atoms. The number of fused-ring (bicyclic) bond motifs is 1. The van der Waals surface area contributed by atoms with Crippen LogP contribution in [0.2, 0.25) is 0 Å². The molecule has 84 valence electrons. The summed E-state index contributed by atoms with van der Waals surface area (Å²) in [5.41, 5.74) is 2.16. The number of nitrogens with zero attached hydrogens (tertiary/aromatic N) is 5. The van der Waals surface area contributed by atoms with Crippen molar-refractivity contribution in [2.75, 3.05) is 0 Å². The van der Waals surface area contributed by atoms with Crippen LogP contribution in [0.1, 0.15) is 5.69 Å². The van der Waals surface area contributed by atoms with E-state index in [0.717, 1.165) is 11.0 Å². The van der Waals surface area contributed by atoms with E-state index in [2.05, 4.69) is 20.3 Å². The van der Waals surface area contributed by atoms with E-state index >= 15 is 0 Å². The molecule has 0 saturated heterocycles. The first-order chi connectivity index (χ1) is 8.38. The lowest BCUT2D eigenvalue weighted by Gasteiger charge is -2.01. The molecule has 0 aliphatic rings. The SMILES string of the molecule is OCc1cncc(-n2nnc3ccccc32)n1. The van der Waals surface area contributed by atoms with E-state index in [1.165, 1.54) is 6.20 Å². The maximum absolute atomic E-state index is 9.03. The molecule has 0 spiro atoms. The molecule has 3 rings (SSSR count). The summed E-state index contributed by atoms with van der Waals surface area (Å²) in [6, 6.07) is 7.59. The average Bonchev–Trinajstić information content (AvgIpc) is 2.82. The first kappa shape index (κ1) is 9.86. The second-order valence-electron chi connectivity index (χ2n) is 3.52. The van der Waals surface area contributed by atoms with Crippen LogP contribution in [0, 0.1) is 0 Å². The van der Waals surface area contributed by atoms with E-state index in [0.29, 0.717) is 11.5 Å². The minimum absolute atomic E-state index is 0.145. The second-order valence-corrected chi connectivity index (χ2v) is 3.52. The molecule has 0 radical (unpaired) electrons. The van der Waals surface area contributed by atoms with Crippen LogP contribution in [0.5, 0.6) is 0 Å². The Balaban J connectivity index is 2.20. The second kappa shape index (κ2) is 3.91. The van der Waals surface area contributed by atoms with E-state index in [1.54, 1.807) is 10.9 Å². The molecule has 2 aromatic heterocycles. The summed E-state index contributed by atoms with van der Waals surface area (Å²) < 4.78 is 1.60. The number of rotatable bonds is 2. The van der Waals surface area contributed by atoms with Gasteiger partial charge < -0.3 is 5.11 Å². The molecule has 6 nitrogen and oxygen atoms in total. The summed E-state index contributed by atoms with van der Waals surface area (Å²) in [5.74, 6) is 0.547. The van der Waals surface area contributed by atoms with Gasteiger partial charge >= 0.3 is 0 Å². The Morgan fingerprint density at radius 2 is 2.06 bits per heavy atom. The topological polar surface area (TPSA) is 76.7 Å². The molecule has 1 N–H and O–H groups in total. The van der Waals surface area contributed by atoms with Gasteiger partial charge in [0.05, 0.1) is 30.2 Å². The van der Waals surface area contributed by atoms with Crippen molar-refractivity contribution in [3.05, 3.63) is 42.4 Å². The third kappa shape index (κ3) is 1.64. The van der Waals surface area contributed by atoms with Crippen LogP contribution in [0.15, 0.2) is 36.7 Å². The Hall–Kier alpha value is -2.34. The fraction of sp³-hybridized carbons (Fsp3) is 0.0909. The van der Waals surface area contributed by atoms with Crippen LogP contribution >= 0.6 is 0 Å². The number of aliphatic hydroxyl groups is 1. The highest BCUT2D eigenvalue weighted by Gasteiger charge is 2.07. The Labute approximate surface area is 96.6 Å². The van der Waals surface area contributed by atoms with Gasteiger partial charge in [0.15, 0.2) is 5.82 Å². The van der Waals surface area contributed by atoms with Gasteiger partial charge in [-0.2, -0.15) is 4.68 Å². The number of hydrogen-bond donors (Lipinski definition) is 1. The molecule has 2 heterocycles. The Morgan fingerprint density at radius 3 is 2.94 bits per heavy atom. The Bertz CT molecular complexity index is 664. The maximum Gasteiger partial charge on any atom is 0.174 e. The number of hydrogen-bond acceptors (Lipinski definition) is 5. The van der Waals surface area contributed by atoms with Crippen LogP contribution in [0.4, 0.5) is 0 Å². The van der Waals surface area contributed by atoms with Crippen LogP contribution in [0.3, 0.4) is 0 Å². The molecule has 0 unspecified atom stereocenters. The highest BCUT2D eigenvalue weighted by Crippen LogP contribution is 2.13. The summed E-state index contributed by atoms with van der Waals surface area (Å²) in [5, 5.41) is 17.1. The quantitative estimate of drug-likeness (QED) is 0.697. The lowest BCUT2D eigenvalue weighted by atomic mass is 10.3. The number of aliphatic hydroxyl groups excluding tert-OH is 1. The fourth-order valence-corrected chi connectivity index (χ4v) is 1.61. The first-order valence-electron chi connectivity index (χ1n) is 5.11. The van der Waals surface area contributed by atoms with E-state index in [1.807, 2.05) is 24.3 Å². The molecule has 0 aliphatic carbocycles. The standard InChI is InChI=1S/C11H9N5O/c17-7-8-5-12-6-11(13-8)16-10-4-2-1-3-9(10)14-15-16/h1-6,17H,7H2. The molecule has 0 atom stereocenters. The van der Waals surface area contributed by atoms with Crippen LogP contribution < -0.4 is 0 Å². The molecule has 0 bridgehead atoms. The zero-order chi connectivity index (χ0) is 11.7. The smallest absolute Gasteiger partial charge is 0.174 e. The van der Waals surface area contributed by atoms with Crippen molar-refractivity contribution in [3.63, 3.8) is 0 Å². The van der Waals surface area contributed by atoms with Gasteiger partial charge in [-0.05, 0) is 12.1 Å². The predicted octanol–water partition coefficient (Wildman–Crippen LogP) is 0.703. The van der Waals surface area contributed by atoms with E-state index in [9.17, 15) is 0 Å².